The summed E-state index contributed by atoms with van der Waals surface area (Å²) in [7, 11) is 3.30. The van der Waals surface area contributed by atoms with Crippen LogP contribution < -0.4 is 5.32 Å². The van der Waals surface area contributed by atoms with E-state index in [1.165, 1.54) is 0 Å². The van der Waals surface area contributed by atoms with E-state index in [2.05, 4.69) is 5.32 Å². The van der Waals surface area contributed by atoms with Crippen LogP contribution in [-0.2, 0) is 19.0 Å². The number of methoxy groups -OCH3 is 2. The van der Waals surface area contributed by atoms with Crippen molar-refractivity contribution in [2.45, 2.75) is 18.9 Å². The second-order valence-electron chi connectivity index (χ2n) is 3.59. The van der Waals surface area contributed by atoms with Crippen LogP contribution in [0.1, 0.15) is 12.8 Å². The molecule has 0 aromatic carbocycles. The van der Waals surface area contributed by atoms with Gasteiger partial charge < -0.3 is 24.6 Å². The molecule has 17 heavy (non-hydrogen) atoms. The van der Waals surface area contributed by atoms with E-state index in [0.29, 0.717) is 26.4 Å². The smallest absolute Gasteiger partial charge is 0.320 e. The summed E-state index contributed by atoms with van der Waals surface area (Å²) in [6.45, 7) is 3.48. The van der Waals surface area contributed by atoms with Crippen molar-refractivity contribution in [2.24, 2.45) is 0 Å². The maximum absolute atomic E-state index is 10.1. The Bertz CT molecular complexity index is 177. The Hall–Kier alpha value is -0.690. The molecular weight excluding hydrogens is 226 g/mol. The van der Waals surface area contributed by atoms with E-state index in [4.69, 9.17) is 19.3 Å². The molecule has 2 N–H and O–H groups in total. The van der Waals surface area contributed by atoms with Crippen molar-refractivity contribution in [3.63, 3.8) is 0 Å². The molecule has 1 aliphatic rings. The SMILES string of the molecule is COCCOCCOC.O=C(O)[C@@H]1CCCN1. The zero-order valence-electron chi connectivity index (χ0n) is 10.6. The topological polar surface area (TPSA) is 77.0 Å². The van der Waals surface area contributed by atoms with E-state index < -0.39 is 5.97 Å². The van der Waals surface area contributed by atoms with Gasteiger partial charge in [0.2, 0.25) is 0 Å². The van der Waals surface area contributed by atoms with Crippen LogP contribution >= 0.6 is 0 Å². The van der Waals surface area contributed by atoms with Crippen LogP contribution in [0.25, 0.3) is 0 Å². The Labute approximate surface area is 102 Å². The molecule has 1 fully saturated rings. The molecule has 0 radical (unpaired) electrons. The fourth-order valence-corrected chi connectivity index (χ4v) is 1.28. The molecule has 1 aliphatic heterocycles. The van der Waals surface area contributed by atoms with E-state index in [-0.39, 0.29) is 6.04 Å². The van der Waals surface area contributed by atoms with Gasteiger partial charge in [-0.15, -0.1) is 0 Å². The van der Waals surface area contributed by atoms with E-state index >= 15 is 0 Å². The number of hydrogen-bond donors (Lipinski definition) is 2. The minimum Gasteiger partial charge on any atom is -0.480 e. The van der Waals surface area contributed by atoms with E-state index in [1.807, 2.05) is 0 Å². The molecule has 1 rings (SSSR count). The molecule has 1 heterocycles. The lowest BCUT2D eigenvalue weighted by atomic mass is 10.2. The van der Waals surface area contributed by atoms with Gasteiger partial charge in [-0.3, -0.25) is 4.79 Å². The average Bonchev–Trinajstić information content (AvgIpc) is 2.83. The van der Waals surface area contributed by atoms with Crippen LogP contribution in [0.5, 0.6) is 0 Å². The normalized spacial score (nSPS) is 18.6. The molecule has 0 aromatic rings. The first-order valence-corrected chi connectivity index (χ1v) is 5.74. The summed E-state index contributed by atoms with van der Waals surface area (Å²) in [5, 5.41) is 11.2. The largest absolute Gasteiger partial charge is 0.480 e. The Kier molecular flexibility index (Phi) is 11.3. The zero-order chi connectivity index (χ0) is 12.9. The van der Waals surface area contributed by atoms with Crippen molar-refractivity contribution in [1.29, 1.82) is 0 Å². The van der Waals surface area contributed by atoms with E-state index in [0.717, 1.165) is 19.4 Å². The minimum atomic E-state index is -0.720. The molecule has 0 aromatic heterocycles. The van der Waals surface area contributed by atoms with Crippen molar-refractivity contribution in [3.05, 3.63) is 0 Å². The van der Waals surface area contributed by atoms with Gasteiger partial charge in [-0.1, -0.05) is 0 Å². The van der Waals surface area contributed by atoms with Crippen molar-refractivity contribution in [2.75, 3.05) is 47.2 Å². The number of carboxylic acids is 1. The molecule has 1 saturated heterocycles. The predicted octanol–water partition coefficient (Wildman–Crippen LogP) is 0.119. The summed E-state index contributed by atoms with van der Waals surface area (Å²) in [5.74, 6) is -0.720. The van der Waals surface area contributed by atoms with Gasteiger partial charge >= 0.3 is 5.97 Å². The van der Waals surface area contributed by atoms with Gasteiger partial charge in [0, 0.05) is 14.2 Å². The number of rotatable bonds is 7. The standard InChI is InChI=1S/C6H14O3.C5H9NO2/c1-7-3-5-9-6-4-8-2;7-5(8)4-2-1-3-6-4/h3-6H2,1-2H3;4,6H,1-3H2,(H,7,8)/t;4-/m.0/s1. The first-order chi connectivity index (χ1) is 8.22. The molecule has 0 aliphatic carbocycles. The number of carboxylic acid groups (broad SMARTS) is 1. The molecule has 0 amide bonds. The Morgan fingerprint density at radius 1 is 1.24 bits per heavy atom. The highest BCUT2D eigenvalue weighted by molar-refractivity contribution is 5.73. The number of nitrogens with one attached hydrogen (secondary N) is 1. The maximum Gasteiger partial charge on any atom is 0.320 e. The number of carbonyl (C=O) groups is 1. The Morgan fingerprint density at radius 3 is 2.12 bits per heavy atom. The summed E-state index contributed by atoms with van der Waals surface area (Å²) < 4.78 is 14.6. The molecule has 0 saturated carbocycles. The predicted molar refractivity (Wildman–Crippen MR) is 63.2 cm³/mol. The third kappa shape index (κ3) is 10.2. The van der Waals surface area contributed by atoms with E-state index in [9.17, 15) is 4.79 Å². The highest BCUT2D eigenvalue weighted by Crippen LogP contribution is 2.03. The molecule has 102 valence electrons. The van der Waals surface area contributed by atoms with Gasteiger partial charge in [0.25, 0.3) is 0 Å². The van der Waals surface area contributed by atoms with Crippen molar-refractivity contribution < 1.29 is 24.1 Å². The first-order valence-electron chi connectivity index (χ1n) is 5.74. The molecule has 0 bridgehead atoms. The van der Waals surface area contributed by atoms with Crippen LogP contribution in [-0.4, -0.2) is 64.3 Å². The summed E-state index contributed by atoms with van der Waals surface area (Å²) >= 11 is 0. The van der Waals surface area contributed by atoms with Crippen molar-refractivity contribution >= 4 is 5.97 Å². The highest BCUT2D eigenvalue weighted by Gasteiger charge is 2.20. The van der Waals surface area contributed by atoms with Crippen LogP contribution in [0.15, 0.2) is 0 Å². The summed E-state index contributed by atoms with van der Waals surface area (Å²) in [6, 6.07) is -0.269. The molecular formula is C11H23NO5. The van der Waals surface area contributed by atoms with Crippen LogP contribution in [0.3, 0.4) is 0 Å². The molecule has 1 atom stereocenters. The lowest BCUT2D eigenvalue weighted by molar-refractivity contribution is -0.139. The lowest BCUT2D eigenvalue weighted by Gasteiger charge is -2.00. The van der Waals surface area contributed by atoms with Crippen molar-refractivity contribution in [3.8, 4) is 0 Å². The monoisotopic (exact) mass is 249 g/mol. The van der Waals surface area contributed by atoms with Gasteiger partial charge in [0.1, 0.15) is 6.04 Å². The number of ether oxygens (including phenoxy) is 3. The van der Waals surface area contributed by atoms with Gasteiger partial charge in [-0.25, -0.2) is 0 Å². The molecule has 0 unspecified atom stereocenters. The second kappa shape index (κ2) is 11.8. The maximum atomic E-state index is 10.1. The third-order valence-corrected chi connectivity index (χ3v) is 2.22. The second-order valence-corrected chi connectivity index (χ2v) is 3.59. The van der Waals surface area contributed by atoms with E-state index in [1.54, 1.807) is 14.2 Å². The summed E-state index contributed by atoms with van der Waals surface area (Å²) in [5.41, 5.74) is 0. The minimum absolute atomic E-state index is 0.269. The number of hydrogen-bond acceptors (Lipinski definition) is 5. The van der Waals surface area contributed by atoms with Crippen LogP contribution in [0.4, 0.5) is 0 Å². The third-order valence-electron chi connectivity index (χ3n) is 2.22. The van der Waals surface area contributed by atoms with Crippen LogP contribution in [0.2, 0.25) is 0 Å². The van der Waals surface area contributed by atoms with Gasteiger partial charge in [-0.2, -0.15) is 0 Å². The quantitative estimate of drug-likeness (QED) is 0.624. The molecule has 6 nitrogen and oxygen atoms in total. The lowest BCUT2D eigenvalue weighted by Crippen LogP contribution is -2.29. The fourth-order valence-electron chi connectivity index (χ4n) is 1.28. The fraction of sp³-hybridized carbons (Fsp3) is 0.909. The molecule has 0 spiro atoms. The summed E-state index contributed by atoms with van der Waals surface area (Å²) in [6.07, 6.45) is 1.78. The van der Waals surface area contributed by atoms with Gasteiger partial charge in [-0.05, 0) is 19.4 Å². The Morgan fingerprint density at radius 2 is 1.82 bits per heavy atom. The summed E-state index contributed by atoms with van der Waals surface area (Å²) in [4.78, 5) is 10.1. The zero-order valence-corrected chi connectivity index (χ0v) is 10.6. The number of aliphatic carboxylic acids is 1. The first kappa shape index (κ1) is 16.3. The highest BCUT2D eigenvalue weighted by atomic mass is 16.5. The van der Waals surface area contributed by atoms with Crippen molar-refractivity contribution in [1.82, 2.24) is 5.32 Å². The van der Waals surface area contributed by atoms with Gasteiger partial charge in [0.15, 0.2) is 0 Å². The van der Waals surface area contributed by atoms with Gasteiger partial charge in [0.05, 0.1) is 26.4 Å². The average molecular weight is 249 g/mol. The Balaban J connectivity index is 0.000000302. The van der Waals surface area contributed by atoms with Crippen LogP contribution in [0, 0.1) is 0 Å². The molecule has 6 heteroatoms.